The van der Waals surface area contributed by atoms with Crippen LogP contribution in [-0.4, -0.2) is 42.8 Å². The number of nitrogens with one attached hydrogen (secondary N) is 1. The van der Waals surface area contributed by atoms with E-state index in [0.717, 1.165) is 15.4 Å². The van der Waals surface area contributed by atoms with Crippen LogP contribution in [0.15, 0.2) is 24.5 Å². The molecule has 0 bridgehead atoms. The summed E-state index contributed by atoms with van der Waals surface area (Å²) < 4.78 is 12.1. The Morgan fingerprint density at radius 1 is 1.29 bits per heavy atom. The molecule has 7 heteroatoms. The summed E-state index contributed by atoms with van der Waals surface area (Å²) in [6.45, 7) is 6.20. The van der Waals surface area contributed by atoms with E-state index in [2.05, 4.69) is 5.32 Å². The van der Waals surface area contributed by atoms with E-state index in [1.807, 2.05) is 42.9 Å². The third-order valence-corrected chi connectivity index (χ3v) is 4.89. The number of hydrogen-bond donors (Lipinski definition) is 1. The van der Waals surface area contributed by atoms with Gasteiger partial charge in [-0.3, -0.25) is 4.79 Å². The van der Waals surface area contributed by atoms with Gasteiger partial charge in [0.1, 0.15) is 5.00 Å². The fraction of sp³-hybridized carbons (Fsp3) is 0.412. The number of ether oxygens (including phenoxy) is 2. The van der Waals surface area contributed by atoms with Crippen LogP contribution < -0.4 is 5.32 Å². The highest BCUT2D eigenvalue weighted by molar-refractivity contribution is 7.15. The molecule has 0 aliphatic rings. The van der Waals surface area contributed by atoms with Gasteiger partial charge in [0.2, 0.25) is 0 Å². The van der Waals surface area contributed by atoms with E-state index in [0.29, 0.717) is 18.7 Å². The molecule has 0 aliphatic carbocycles. The summed E-state index contributed by atoms with van der Waals surface area (Å²) in [6, 6.07) is 3.79. The fourth-order valence-corrected chi connectivity index (χ4v) is 3.30. The standard InChI is InChI=1S/C17H22N2O4S/c1-11-13(3)24-16(19-8-5-6-9-19)14(11)17(21)23-12(2)15(20)18-7-10-22-4/h5-6,8-9,12H,7,10H2,1-4H3,(H,18,20)/t12-/m0/s1. The molecule has 2 aromatic heterocycles. The van der Waals surface area contributed by atoms with Crippen molar-refractivity contribution >= 4 is 23.2 Å². The Kier molecular flexibility index (Phi) is 6.16. The molecular formula is C17H22N2O4S. The molecule has 0 saturated heterocycles. The van der Waals surface area contributed by atoms with Crippen molar-refractivity contribution in [2.45, 2.75) is 26.9 Å². The fourth-order valence-electron chi connectivity index (χ4n) is 2.19. The molecule has 1 atom stereocenters. The molecule has 2 rings (SSSR count). The first-order chi connectivity index (χ1) is 11.5. The van der Waals surface area contributed by atoms with Gasteiger partial charge in [0, 0.05) is 30.9 Å². The molecule has 130 valence electrons. The van der Waals surface area contributed by atoms with Crippen LogP contribution in [0.4, 0.5) is 0 Å². The second-order valence-electron chi connectivity index (χ2n) is 5.39. The lowest BCUT2D eigenvalue weighted by atomic mass is 10.1. The van der Waals surface area contributed by atoms with Gasteiger partial charge in [-0.2, -0.15) is 0 Å². The van der Waals surface area contributed by atoms with Crippen LogP contribution in [0.2, 0.25) is 0 Å². The van der Waals surface area contributed by atoms with Gasteiger partial charge in [0.05, 0.1) is 12.2 Å². The lowest BCUT2D eigenvalue weighted by Gasteiger charge is -2.14. The van der Waals surface area contributed by atoms with E-state index in [9.17, 15) is 9.59 Å². The zero-order valence-corrected chi connectivity index (χ0v) is 15.1. The van der Waals surface area contributed by atoms with Gasteiger partial charge < -0.3 is 19.4 Å². The molecule has 0 saturated carbocycles. The quantitative estimate of drug-likeness (QED) is 0.615. The predicted molar refractivity (Wildman–Crippen MR) is 92.9 cm³/mol. The van der Waals surface area contributed by atoms with Gasteiger partial charge in [-0.05, 0) is 38.5 Å². The molecule has 1 amide bonds. The Morgan fingerprint density at radius 3 is 2.58 bits per heavy atom. The Bertz CT molecular complexity index is 706. The molecule has 24 heavy (non-hydrogen) atoms. The first-order valence-corrected chi connectivity index (χ1v) is 8.48. The second-order valence-corrected chi connectivity index (χ2v) is 6.59. The van der Waals surface area contributed by atoms with Crippen LogP contribution in [0.3, 0.4) is 0 Å². The smallest absolute Gasteiger partial charge is 0.342 e. The maximum atomic E-state index is 12.6. The van der Waals surface area contributed by atoms with Crippen molar-refractivity contribution in [1.82, 2.24) is 9.88 Å². The Hall–Kier alpha value is -2.12. The minimum Gasteiger partial charge on any atom is -0.449 e. The van der Waals surface area contributed by atoms with Crippen molar-refractivity contribution in [3.05, 3.63) is 40.5 Å². The van der Waals surface area contributed by atoms with Crippen LogP contribution in [0.5, 0.6) is 0 Å². The van der Waals surface area contributed by atoms with Gasteiger partial charge in [-0.25, -0.2) is 4.79 Å². The molecule has 0 fully saturated rings. The zero-order valence-electron chi connectivity index (χ0n) is 14.3. The lowest BCUT2D eigenvalue weighted by Crippen LogP contribution is -2.37. The molecule has 0 radical (unpaired) electrons. The number of methoxy groups -OCH3 is 1. The second kappa shape index (κ2) is 8.12. The summed E-state index contributed by atoms with van der Waals surface area (Å²) in [7, 11) is 1.56. The minimum atomic E-state index is -0.869. The van der Waals surface area contributed by atoms with Gasteiger partial charge in [-0.1, -0.05) is 0 Å². The van der Waals surface area contributed by atoms with Crippen LogP contribution in [-0.2, 0) is 14.3 Å². The highest BCUT2D eigenvalue weighted by Crippen LogP contribution is 2.31. The number of nitrogens with zero attached hydrogens (tertiary/aromatic N) is 1. The molecule has 1 N–H and O–H groups in total. The predicted octanol–water partition coefficient (Wildman–Crippen LogP) is 2.46. The number of carbonyl (C=O) groups is 2. The summed E-state index contributed by atoms with van der Waals surface area (Å²) in [5.41, 5.74) is 1.38. The number of rotatable bonds is 7. The summed E-state index contributed by atoms with van der Waals surface area (Å²) >= 11 is 1.52. The minimum absolute atomic E-state index is 0.340. The summed E-state index contributed by atoms with van der Waals surface area (Å²) in [5.74, 6) is -0.831. The summed E-state index contributed by atoms with van der Waals surface area (Å²) in [4.78, 5) is 25.6. The zero-order chi connectivity index (χ0) is 17.7. The van der Waals surface area contributed by atoms with E-state index in [4.69, 9.17) is 9.47 Å². The van der Waals surface area contributed by atoms with Crippen molar-refractivity contribution in [2.24, 2.45) is 0 Å². The number of esters is 1. The van der Waals surface area contributed by atoms with E-state index >= 15 is 0 Å². The van der Waals surface area contributed by atoms with E-state index in [1.165, 1.54) is 11.3 Å². The molecule has 2 heterocycles. The van der Waals surface area contributed by atoms with Crippen LogP contribution in [0.1, 0.15) is 27.7 Å². The SMILES string of the molecule is COCCNC(=O)[C@H](C)OC(=O)c1c(-n2cccc2)sc(C)c1C. The Labute approximate surface area is 145 Å². The van der Waals surface area contributed by atoms with Crippen molar-refractivity contribution in [2.75, 3.05) is 20.3 Å². The number of carbonyl (C=O) groups excluding carboxylic acids is 2. The van der Waals surface area contributed by atoms with Crippen LogP contribution in [0.25, 0.3) is 5.00 Å². The van der Waals surface area contributed by atoms with E-state index in [-0.39, 0.29) is 5.91 Å². The van der Waals surface area contributed by atoms with Gasteiger partial charge >= 0.3 is 5.97 Å². The average Bonchev–Trinajstić information content (AvgIpc) is 3.16. The van der Waals surface area contributed by atoms with Gasteiger partial charge in [-0.15, -0.1) is 11.3 Å². The molecule has 2 aromatic rings. The maximum absolute atomic E-state index is 12.6. The normalized spacial score (nSPS) is 12.0. The van der Waals surface area contributed by atoms with Crippen LogP contribution >= 0.6 is 11.3 Å². The highest BCUT2D eigenvalue weighted by Gasteiger charge is 2.25. The van der Waals surface area contributed by atoms with E-state index < -0.39 is 12.1 Å². The highest BCUT2D eigenvalue weighted by atomic mass is 32.1. The maximum Gasteiger partial charge on any atom is 0.342 e. The third-order valence-electron chi connectivity index (χ3n) is 3.67. The Balaban J connectivity index is 2.14. The van der Waals surface area contributed by atoms with E-state index in [1.54, 1.807) is 14.0 Å². The number of amides is 1. The topological polar surface area (TPSA) is 69.6 Å². The lowest BCUT2D eigenvalue weighted by molar-refractivity contribution is -0.129. The van der Waals surface area contributed by atoms with Crippen molar-refractivity contribution < 1.29 is 19.1 Å². The van der Waals surface area contributed by atoms with Gasteiger partial charge in [0.25, 0.3) is 5.91 Å². The molecule has 0 aliphatic heterocycles. The van der Waals surface area contributed by atoms with Crippen molar-refractivity contribution in [3.8, 4) is 5.00 Å². The average molecular weight is 350 g/mol. The monoisotopic (exact) mass is 350 g/mol. The summed E-state index contributed by atoms with van der Waals surface area (Å²) in [6.07, 6.45) is 2.89. The van der Waals surface area contributed by atoms with Crippen molar-refractivity contribution in [1.29, 1.82) is 0 Å². The molecular weight excluding hydrogens is 328 g/mol. The van der Waals surface area contributed by atoms with Crippen LogP contribution in [0, 0.1) is 13.8 Å². The number of aromatic nitrogens is 1. The number of aryl methyl sites for hydroxylation is 1. The largest absolute Gasteiger partial charge is 0.449 e. The molecule has 0 aromatic carbocycles. The molecule has 0 unspecified atom stereocenters. The first-order valence-electron chi connectivity index (χ1n) is 7.66. The number of thiophene rings is 1. The molecule has 0 spiro atoms. The number of hydrogen-bond acceptors (Lipinski definition) is 5. The summed E-state index contributed by atoms with van der Waals surface area (Å²) in [5, 5.41) is 3.46. The molecule has 6 nitrogen and oxygen atoms in total. The van der Waals surface area contributed by atoms with Crippen molar-refractivity contribution in [3.63, 3.8) is 0 Å². The van der Waals surface area contributed by atoms with Gasteiger partial charge in [0.15, 0.2) is 6.10 Å². The third kappa shape index (κ3) is 4.04. The first kappa shape index (κ1) is 18.2. The Morgan fingerprint density at radius 2 is 1.96 bits per heavy atom.